The Hall–Kier alpha value is -1.01. The van der Waals surface area contributed by atoms with Crippen molar-refractivity contribution in [3.63, 3.8) is 0 Å². The van der Waals surface area contributed by atoms with Gasteiger partial charge in [-0.15, -0.1) is 0 Å². The fraction of sp³-hybridized carbons (Fsp3) is 0.250. The normalized spacial score (nSPS) is 11.6. The van der Waals surface area contributed by atoms with Crippen LogP contribution in [0.2, 0.25) is 0 Å². The van der Waals surface area contributed by atoms with Crippen LogP contribution in [0.25, 0.3) is 0 Å². The predicted molar refractivity (Wildman–Crippen MR) is 45.5 cm³/mol. The van der Waals surface area contributed by atoms with Gasteiger partial charge in [0.15, 0.2) is 0 Å². The molecule has 0 aliphatic heterocycles. The Balaban J connectivity index is 2.93. The van der Waals surface area contributed by atoms with E-state index in [1.54, 1.807) is 0 Å². The lowest BCUT2D eigenvalue weighted by Crippen LogP contribution is -2.08. The highest BCUT2D eigenvalue weighted by atomic mass is 32.2. The average Bonchev–Trinajstić information content (AvgIpc) is 2.15. The Labute approximate surface area is 80.4 Å². The third-order valence-electron chi connectivity index (χ3n) is 1.40. The first-order valence-corrected chi connectivity index (χ1v) is 5.18. The lowest BCUT2D eigenvalue weighted by molar-refractivity contribution is 0.276. The van der Waals surface area contributed by atoms with Gasteiger partial charge in [-0.1, -0.05) is 6.07 Å². The maximum absolute atomic E-state index is 12.6. The van der Waals surface area contributed by atoms with Gasteiger partial charge in [-0.3, -0.25) is 4.18 Å². The number of rotatable bonds is 4. The molecule has 0 N–H and O–H groups in total. The van der Waals surface area contributed by atoms with Crippen LogP contribution in [0, 0.1) is 5.82 Å². The van der Waals surface area contributed by atoms with Crippen molar-refractivity contribution in [3.8, 4) is 0 Å². The summed E-state index contributed by atoms with van der Waals surface area (Å²) in [5, 5.41) is 0. The second kappa shape index (κ2) is 4.47. The molecule has 1 aromatic rings. The number of hydrogen-bond acceptors (Lipinski definition) is 3. The molecular weight excluding hydrogens is 214 g/mol. The molecule has 0 unspecified atom stereocenters. The zero-order chi connectivity index (χ0) is 10.6. The van der Waals surface area contributed by atoms with Crippen molar-refractivity contribution in [2.24, 2.45) is 0 Å². The minimum absolute atomic E-state index is 0.314. The summed E-state index contributed by atoms with van der Waals surface area (Å²) in [5.74, 6) is -0.685. The highest BCUT2D eigenvalue weighted by Gasteiger charge is 2.15. The molecule has 0 spiro atoms. The van der Waals surface area contributed by atoms with E-state index in [0.717, 1.165) is 12.1 Å². The SMILES string of the molecule is O=S(=O)(OCCF)c1cccc(F)c1. The highest BCUT2D eigenvalue weighted by Crippen LogP contribution is 2.13. The van der Waals surface area contributed by atoms with Crippen molar-refractivity contribution in [2.75, 3.05) is 13.3 Å². The molecule has 3 nitrogen and oxygen atoms in total. The molecule has 0 aliphatic rings. The molecular formula is C8H8F2O3S. The maximum Gasteiger partial charge on any atom is 0.297 e. The van der Waals surface area contributed by atoms with Gasteiger partial charge in [-0.25, -0.2) is 8.78 Å². The quantitative estimate of drug-likeness (QED) is 0.725. The summed E-state index contributed by atoms with van der Waals surface area (Å²) in [6.07, 6.45) is 0. The number of halogens is 2. The van der Waals surface area contributed by atoms with Crippen LogP contribution in [0.4, 0.5) is 8.78 Å². The van der Waals surface area contributed by atoms with Crippen molar-refractivity contribution in [1.82, 2.24) is 0 Å². The third kappa shape index (κ3) is 2.74. The van der Waals surface area contributed by atoms with E-state index in [9.17, 15) is 17.2 Å². The third-order valence-corrected chi connectivity index (χ3v) is 2.71. The van der Waals surface area contributed by atoms with Crippen molar-refractivity contribution in [2.45, 2.75) is 4.90 Å². The van der Waals surface area contributed by atoms with Crippen LogP contribution in [0.3, 0.4) is 0 Å². The molecule has 14 heavy (non-hydrogen) atoms. The Bertz CT molecular complexity index is 403. The summed E-state index contributed by atoms with van der Waals surface area (Å²) in [6, 6.07) is 4.33. The molecule has 0 heterocycles. The molecule has 0 saturated carbocycles. The van der Waals surface area contributed by atoms with E-state index in [1.165, 1.54) is 12.1 Å². The Morgan fingerprint density at radius 2 is 2.07 bits per heavy atom. The molecule has 0 bridgehead atoms. The van der Waals surface area contributed by atoms with Crippen LogP contribution in [0.15, 0.2) is 29.2 Å². The van der Waals surface area contributed by atoms with Crippen molar-refractivity contribution < 1.29 is 21.4 Å². The van der Waals surface area contributed by atoms with Crippen LogP contribution >= 0.6 is 0 Å². The molecule has 78 valence electrons. The van der Waals surface area contributed by atoms with Gasteiger partial charge < -0.3 is 0 Å². The monoisotopic (exact) mass is 222 g/mol. The van der Waals surface area contributed by atoms with Crippen LogP contribution in [-0.2, 0) is 14.3 Å². The molecule has 0 saturated heterocycles. The van der Waals surface area contributed by atoms with Crippen LogP contribution in [0.5, 0.6) is 0 Å². The molecule has 0 amide bonds. The molecule has 1 rings (SSSR count). The fourth-order valence-electron chi connectivity index (χ4n) is 0.832. The Morgan fingerprint density at radius 1 is 1.36 bits per heavy atom. The number of hydrogen-bond donors (Lipinski definition) is 0. The van der Waals surface area contributed by atoms with E-state index in [2.05, 4.69) is 4.18 Å². The van der Waals surface area contributed by atoms with Crippen molar-refractivity contribution in [1.29, 1.82) is 0 Å². The first-order valence-electron chi connectivity index (χ1n) is 3.77. The van der Waals surface area contributed by atoms with E-state index >= 15 is 0 Å². The zero-order valence-corrected chi connectivity index (χ0v) is 7.93. The smallest absolute Gasteiger partial charge is 0.264 e. The van der Waals surface area contributed by atoms with E-state index < -0.39 is 29.2 Å². The Kier molecular flexibility index (Phi) is 3.54. The highest BCUT2D eigenvalue weighted by molar-refractivity contribution is 7.86. The largest absolute Gasteiger partial charge is 0.297 e. The minimum atomic E-state index is -4.02. The standard InChI is InChI=1S/C8H8F2O3S/c9-4-5-13-14(11,12)8-3-1-2-7(10)6-8/h1-3,6H,4-5H2. The summed E-state index contributed by atoms with van der Waals surface area (Å²) >= 11 is 0. The molecule has 6 heteroatoms. The first kappa shape index (κ1) is 11.1. The first-order chi connectivity index (χ1) is 6.56. The van der Waals surface area contributed by atoms with Crippen molar-refractivity contribution in [3.05, 3.63) is 30.1 Å². The molecule has 0 atom stereocenters. The topological polar surface area (TPSA) is 43.4 Å². The molecule has 1 aromatic carbocycles. The molecule has 0 aromatic heterocycles. The van der Waals surface area contributed by atoms with Gasteiger partial charge in [0.05, 0.1) is 11.5 Å². The summed E-state index contributed by atoms with van der Waals surface area (Å²) in [5.41, 5.74) is 0. The average molecular weight is 222 g/mol. The summed E-state index contributed by atoms with van der Waals surface area (Å²) in [4.78, 5) is -0.314. The van der Waals surface area contributed by atoms with Crippen LogP contribution in [-0.4, -0.2) is 21.7 Å². The summed E-state index contributed by atoms with van der Waals surface area (Å²) in [7, 11) is -4.02. The molecule has 0 aliphatic carbocycles. The van der Waals surface area contributed by atoms with Gasteiger partial charge in [-0.2, -0.15) is 8.42 Å². The van der Waals surface area contributed by atoms with Gasteiger partial charge >= 0.3 is 0 Å². The van der Waals surface area contributed by atoms with Gasteiger partial charge in [0.1, 0.15) is 12.5 Å². The summed E-state index contributed by atoms with van der Waals surface area (Å²) < 4.78 is 50.9. The van der Waals surface area contributed by atoms with Crippen molar-refractivity contribution >= 4 is 10.1 Å². The second-order valence-corrected chi connectivity index (χ2v) is 4.04. The predicted octanol–water partition coefficient (Wildman–Crippen LogP) is 1.50. The van der Waals surface area contributed by atoms with Gasteiger partial charge in [0, 0.05) is 0 Å². The molecule has 0 radical (unpaired) electrons. The summed E-state index contributed by atoms with van der Waals surface area (Å²) in [6.45, 7) is -1.46. The van der Waals surface area contributed by atoms with E-state index in [0.29, 0.717) is 0 Å². The number of benzene rings is 1. The fourth-order valence-corrected chi connectivity index (χ4v) is 1.75. The lowest BCUT2D eigenvalue weighted by Gasteiger charge is -2.02. The Morgan fingerprint density at radius 3 is 2.64 bits per heavy atom. The van der Waals surface area contributed by atoms with E-state index in [-0.39, 0.29) is 4.90 Å². The number of alkyl halides is 1. The van der Waals surface area contributed by atoms with Crippen LogP contribution < -0.4 is 0 Å². The van der Waals surface area contributed by atoms with Gasteiger partial charge in [-0.05, 0) is 18.2 Å². The van der Waals surface area contributed by atoms with Gasteiger partial charge in [0.25, 0.3) is 10.1 Å². The maximum atomic E-state index is 12.6. The lowest BCUT2D eigenvalue weighted by atomic mass is 10.4. The van der Waals surface area contributed by atoms with E-state index in [1.807, 2.05) is 0 Å². The second-order valence-electron chi connectivity index (χ2n) is 2.42. The zero-order valence-electron chi connectivity index (χ0n) is 7.11. The van der Waals surface area contributed by atoms with E-state index in [4.69, 9.17) is 0 Å². The minimum Gasteiger partial charge on any atom is -0.264 e. The van der Waals surface area contributed by atoms with Gasteiger partial charge in [0.2, 0.25) is 0 Å². The molecule has 0 fully saturated rings. The van der Waals surface area contributed by atoms with Crippen LogP contribution in [0.1, 0.15) is 0 Å².